The van der Waals surface area contributed by atoms with Gasteiger partial charge in [0, 0.05) is 42.9 Å². The molecule has 3 rings (SSSR count). The van der Waals surface area contributed by atoms with Gasteiger partial charge in [-0.25, -0.2) is 14.5 Å². The Labute approximate surface area is 322 Å². The van der Waals surface area contributed by atoms with Crippen LogP contribution in [0.3, 0.4) is 0 Å². The minimum Gasteiger partial charge on any atom is -0.508 e. The average Bonchev–Trinajstić information content (AvgIpc) is 3.08. The van der Waals surface area contributed by atoms with E-state index in [2.05, 4.69) is 16.0 Å². The van der Waals surface area contributed by atoms with Gasteiger partial charge in [0.1, 0.15) is 29.0 Å². The first kappa shape index (κ1) is 44.2. The van der Waals surface area contributed by atoms with E-state index in [-0.39, 0.29) is 55.4 Å². The fraction of sp³-hybridized carbons (Fsp3) is 0.512. The number of hydrogen-bond acceptors (Lipinski definition) is 10. The lowest BCUT2D eigenvalue weighted by molar-refractivity contribution is -0.140. The number of rotatable bonds is 18. The molecule has 0 aliphatic heterocycles. The van der Waals surface area contributed by atoms with Crippen LogP contribution in [0, 0.1) is 11.8 Å². The van der Waals surface area contributed by atoms with Gasteiger partial charge in [-0.2, -0.15) is 0 Å². The number of benzene rings is 2. The summed E-state index contributed by atoms with van der Waals surface area (Å²) in [6.07, 6.45) is 0.185. The van der Waals surface area contributed by atoms with Crippen LogP contribution in [0.1, 0.15) is 85.3 Å². The summed E-state index contributed by atoms with van der Waals surface area (Å²) in [6.45, 7) is 12.9. The molecule has 0 radical (unpaired) electrons. The van der Waals surface area contributed by atoms with E-state index in [0.717, 1.165) is 10.5 Å². The molecule has 5 amide bonds. The number of phenolic OH excluding ortho intramolecular Hbond substituents is 1. The van der Waals surface area contributed by atoms with Crippen LogP contribution in [0.2, 0.25) is 0 Å². The molecule has 0 saturated carbocycles. The molecule has 6 N–H and O–H groups in total. The van der Waals surface area contributed by atoms with Crippen molar-refractivity contribution in [3.8, 4) is 5.75 Å². The summed E-state index contributed by atoms with van der Waals surface area (Å²) < 4.78 is 10.8. The Kier molecular flexibility index (Phi) is 16.4. The molecule has 14 heteroatoms. The molecular formula is C41H57N5O9. The lowest BCUT2D eigenvalue weighted by Gasteiger charge is -2.34. The van der Waals surface area contributed by atoms with Crippen LogP contribution in [0.25, 0.3) is 11.0 Å². The third-order valence-electron chi connectivity index (χ3n) is 8.74. The molecule has 0 saturated heterocycles. The summed E-state index contributed by atoms with van der Waals surface area (Å²) in [6, 6.07) is 11.7. The van der Waals surface area contributed by atoms with Gasteiger partial charge in [-0.3, -0.25) is 19.2 Å². The zero-order chi connectivity index (χ0) is 40.9. The highest BCUT2D eigenvalue weighted by Gasteiger charge is 2.38. The number of phenols is 1. The van der Waals surface area contributed by atoms with Gasteiger partial charge in [-0.1, -0.05) is 58.0 Å². The van der Waals surface area contributed by atoms with Crippen molar-refractivity contribution in [2.24, 2.45) is 17.6 Å². The zero-order valence-corrected chi connectivity index (χ0v) is 33.0. The number of unbranched alkanes of at least 4 members (excludes halogenated alkanes) is 1. The van der Waals surface area contributed by atoms with Gasteiger partial charge < -0.3 is 35.9 Å². The normalized spacial score (nSPS) is 13.2. The fourth-order valence-electron chi connectivity index (χ4n) is 5.94. The minimum absolute atomic E-state index is 0.00792. The lowest BCUT2D eigenvalue weighted by Crippen LogP contribution is -2.58. The third kappa shape index (κ3) is 14.2. The number of carbonyl (C=O) groups excluding carboxylic acids is 5. The average molecular weight is 764 g/mol. The van der Waals surface area contributed by atoms with E-state index in [9.17, 15) is 33.9 Å². The van der Waals surface area contributed by atoms with E-state index in [1.807, 2.05) is 58.0 Å². The van der Waals surface area contributed by atoms with Crippen LogP contribution in [-0.4, -0.2) is 76.5 Å². The number of carbonyl (C=O) groups is 5. The van der Waals surface area contributed by atoms with E-state index in [0.29, 0.717) is 30.3 Å². The predicted molar refractivity (Wildman–Crippen MR) is 209 cm³/mol. The maximum absolute atomic E-state index is 14.1. The molecule has 55 heavy (non-hydrogen) atoms. The van der Waals surface area contributed by atoms with Gasteiger partial charge in [0.2, 0.25) is 23.6 Å². The highest BCUT2D eigenvalue weighted by molar-refractivity contribution is 5.98. The highest BCUT2D eigenvalue weighted by Crippen LogP contribution is 2.23. The van der Waals surface area contributed by atoms with Crippen molar-refractivity contribution in [2.75, 3.05) is 13.1 Å². The van der Waals surface area contributed by atoms with E-state index < -0.39 is 59.1 Å². The molecule has 0 fully saturated rings. The zero-order valence-electron chi connectivity index (χ0n) is 33.0. The second-order valence-electron chi connectivity index (χ2n) is 15.5. The Morgan fingerprint density at radius 3 is 2.24 bits per heavy atom. The van der Waals surface area contributed by atoms with E-state index in [1.54, 1.807) is 26.8 Å². The molecule has 0 bridgehead atoms. The number of imide groups is 1. The number of aromatic hydroxyl groups is 1. The predicted octanol–water partition coefficient (Wildman–Crippen LogP) is 4.33. The molecule has 14 nitrogen and oxygen atoms in total. The summed E-state index contributed by atoms with van der Waals surface area (Å²) in [5.74, 6) is -2.52. The summed E-state index contributed by atoms with van der Waals surface area (Å²) in [4.78, 5) is 81.5. The number of nitrogens with two attached hydrogens (primary N) is 1. The van der Waals surface area contributed by atoms with Gasteiger partial charge in [0.05, 0.1) is 6.42 Å². The quantitative estimate of drug-likeness (QED) is 0.0915. The number of amides is 5. The van der Waals surface area contributed by atoms with Gasteiger partial charge in [0.15, 0.2) is 0 Å². The maximum Gasteiger partial charge on any atom is 0.417 e. The van der Waals surface area contributed by atoms with E-state index in [4.69, 9.17) is 14.9 Å². The summed E-state index contributed by atoms with van der Waals surface area (Å²) in [7, 11) is 0. The van der Waals surface area contributed by atoms with Crippen LogP contribution < -0.4 is 27.3 Å². The second-order valence-corrected chi connectivity index (χ2v) is 15.5. The Hall–Kier alpha value is -5.24. The van der Waals surface area contributed by atoms with Crippen molar-refractivity contribution in [1.29, 1.82) is 0 Å². The van der Waals surface area contributed by atoms with Crippen molar-refractivity contribution in [3.63, 3.8) is 0 Å². The van der Waals surface area contributed by atoms with Gasteiger partial charge >= 0.3 is 11.7 Å². The van der Waals surface area contributed by atoms with Crippen LogP contribution in [0.4, 0.5) is 4.79 Å². The van der Waals surface area contributed by atoms with Crippen molar-refractivity contribution in [2.45, 2.75) is 111 Å². The molecule has 0 unspecified atom stereocenters. The largest absolute Gasteiger partial charge is 0.508 e. The van der Waals surface area contributed by atoms with Gasteiger partial charge in [-0.05, 0) is 81.7 Å². The Bertz CT molecular complexity index is 1840. The molecule has 2 aromatic carbocycles. The van der Waals surface area contributed by atoms with Crippen molar-refractivity contribution >= 4 is 40.7 Å². The molecule has 0 aliphatic rings. The van der Waals surface area contributed by atoms with Crippen LogP contribution in [0.5, 0.6) is 5.75 Å². The molecule has 3 atom stereocenters. The van der Waals surface area contributed by atoms with Crippen LogP contribution >= 0.6 is 0 Å². The Morgan fingerprint density at radius 2 is 1.62 bits per heavy atom. The second kappa shape index (κ2) is 20.4. The highest BCUT2D eigenvalue weighted by atomic mass is 16.6. The summed E-state index contributed by atoms with van der Waals surface area (Å²) >= 11 is 0. The summed E-state index contributed by atoms with van der Waals surface area (Å²) in [5.41, 5.74) is 5.28. The smallest absolute Gasteiger partial charge is 0.417 e. The first-order chi connectivity index (χ1) is 25.9. The minimum atomic E-state index is -1.18. The summed E-state index contributed by atoms with van der Waals surface area (Å²) in [5, 5.41) is 18.9. The third-order valence-corrected chi connectivity index (χ3v) is 8.74. The monoisotopic (exact) mass is 763 g/mol. The molecular weight excluding hydrogens is 706 g/mol. The Morgan fingerprint density at radius 1 is 0.927 bits per heavy atom. The molecule has 1 heterocycles. The maximum atomic E-state index is 14.1. The first-order valence-corrected chi connectivity index (χ1v) is 18.8. The van der Waals surface area contributed by atoms with Crippen LogP contribution in [0.15, 0.2) is 63.8 Å². The standard InChI is InChI=1S/C41H57N5O9/c1-25(2)19-33(46(36(49)15-11-12-18-42)40(53)55-41(5,6)7)39(52)45-32(26(3)4)24-43-38(51)31(20-27-13-9-8-10-14-27)44-35(48)21-28-22-37(50)54-34-23-29(47)16-17-30(28)34/h8-10,13-14,16-17,22-23,25-26,31-33,47H,11-12,15,18-21,24,42H2,1-7H3,(H,43,51)(H,44,48)(H,45,52)/t31-,32+,33-/m0/s1. The van der Waals surface area contributed by atoms with E-state index in [1.165, 1.54) is 18.2 Å². The fourth-order valence-corrected chi connectivity index (χ4v) is 5.94. The number of hydrogen-bond donors (Lipinski definition) is 5. The molecule has 3 aromatic rings. The molecule has 0 spiro atoms. The van der Waals surface area contributed by atoms with Gasteiger partial charge in [0.25, 0.3) is 0 Å². The topological polar surface area (TPSA) is 210 Å². The molecule has 300 valence electrons. The SMILES string of the molecule is CC(C)C[C@@H](C(=O)N[C@H](CNC(=O)[C@H](Cc1ccccc1)NC(=O)Cc1cc(=O)oc2cc(O)ccc12)C(C)C)N(C(=O)CCCCN)C(=O)OC(C)(C)C. The first-order valence-electron chi connectivity index (χ1n) is 18.8. The number of fused-ring (bicyclic) bond motifs is 1. The Balaban J connectivity index is 1.83. The lowest BCUT2D eigenvalue weighted by atomic mass is 9.98. The molecule has 0 aliphatic carbocycles. The number of nitrogens with one attached hydrogen (secondary N) is 3. The number of ether oxygens (including phenoxy) is 1. The van der Waals surface area contributed by atoms with Gasteiger partial charge in [-0.15, -0.1) is 0 Å². The van der Waals surface area contributed by atoms with E-state index >= 15 is 0 Å². The van der Waals surface area contributed by atoms with Crippen molar-refractivity contribution in [3.05, 3.63) is 76.1 Å². The number of nitrogens with zero attached hydrogens (tertiary/aromatic N) is 1. The molecule has 1 aromatic heterocycles. The van der Waals surface area contributed by atoms with Crippen molar-refractivity contribution < 1.29 is 38.2 Å². The van der Waals surface area contributed by atoms with Crippen molar-refractivity contribution in [1.82, 2.24) is 20.9 Å². The van der Waals surface area contributed by atoms with Crippen LogP contribution in [-0.2, 0) is 36.8 Å².